The van der Waals surface area contributed by atoms with Crippen molar-refractivity contribution in [2.24, 2.45) is 0 Å². The topological polar surface area (TPSA) is 66.5 Å². The highest BCUT2D eigenvalue weighted by atomic mass is 35.5. The van der Waals surface area contributed by atoms with Crippen LogP contribution >= 0.6 is 22.9 Å². The minimum absolute atomic E-state index is 0.224. The van der Waals surface area contributed by atoms with Gasteiger partial charge in [0.1, 0.15) is 4.21 Å². The highest BCUT2D eigenvalue weighted by Crippen LogP contribution is 2.27. The van der Waals surface area contributed by atoms with Gasteiger partial charge >= 0.3 is 0 Å². The van der Waals surface area contributed by atoms with E-state index < -0.39 is 10.0 Å². The molecule has 1 amide bonds. The molecule has 0 unspecified atom stereocenters. The van der Waals surface area contributed by atoms with Gasteiger partial charge in [0.25, 0.3) is 15.9 Å². The Hall–Kier alpha value is -1.41. The van der Waals surface area contributed by atoms with Crippen molar-refractivity contribution in [3.63, 3.8) is 0 Å². The van der Waals surface area contributed by atoms with E-state index in [-0.39, 0.29) is 10.1 Å². The molecule has 3 rings (SSSR count). The summed E-state index contributed by atoms with van der Waals surface area (Å²) < 4.78 is 27.3. The first-order valence-corrected chi connectivity index (χ1v) is 11.2. The first-order valence-electron chi connectivity index (χ1n) is 8.60. The zero-order valence-corrected chi connectivity index (χ0v) is 16.7. The fraction of sp³-hybridized carbons (Fsp3) is 0.389. The second kappa shape index (κ2) is 8.52. The van der Waals surface area contributed by atoms with E-state index in [1.807, 2.05) is 18.2 Å². The quantitative estimate of drug-likeness (QED) is 0.809. The van der Waals surface area contributed by atoms with E-state index in [2.05, 4.69) is 5.32 Å². The molecule has 1 aliphatic heterocycles. The molecule has 0 saturated carbocycles. The zero-order chi connectivity index (χ0) is 18.6. The molecule has 2 heterocycles. The largest absolute Gasteiger partial charge is 0.347 e. The number of hydrogen-bond acceptors (Lipinski definition) is 4. The number of benzene rings is 1. The molecular weight excluding hydrogens is 392 g/mol. The van der Waals surface area contributed by atoms with Crippen LogP contribution in [0.5, 0.6) is 0 Å². The van der Waals surface area contributed by atoms with Crippen molar-refractivity contribution in [3.8, 4) is 0 Å². The predicted octanol–water partition coefficient (Wildman–Crippen LogP) is 3.90. The zero-order valence-electron chi connectivity index (χ0n) is 14.3. The number of sulfonamides is 1. The Morgan fingerprint density at radius 2 is 1.77 bits per heavy atom. The van der Waals surface area contributed by atoms with Crippen LogP contribution in [0.4, 0.5) is 0 Å². The Balaban J connectivity index is 1.68. The maximum absolute atomic E-state index is 12.8. The van der Waals surface area contributed by atoms with E-state index in [9.17, 15) is 13.2 Å². The summed E-state index contributed by atoms with van der Waals surface area (Å²) in [7, 11) is -3.52. The first-order chi connectivity index (χ1) is 12.5. The number of amides is 1. The van der Waals surface area contributed by atoms with Crippen LogP contribution in [0.2, 0.25) is 5.02 Å². The number of nitrogens with one attached hydrogen (secondary N) is 1. The fourth-order valence-electron chi connectivity index (χ4n) is 2.89. The Bertz CT molecular complexity index is 872. The predicted molar refractivity (Wildman–Crippen MR) is 104 cm³/mol. The Labute approximate surface area is 163 Å². The van der Waals surface area contributed by atoms with E-state index in [1.165, 1.54) is 10.4 Å². The average Bonchev–Trinajstić information content (AvgIpc) is 2.97. The van der Waals surface area contributed by atoms with Crippen molar-refractivity contribution in [3.05, 3.63) is 51.9 Å². The highest BCUT2D eigenvalue weighted by molar-refractivity contribution is 7.91. The standard InChI is InChI=1S/C18H21ClN2O3S2/c19-15-8-4-3-7-14(15)13-20-18(22)16-9-10-17(25-16)26(23,24)21-11-5-1-2-6-12-21/h3-4,7-10H,1-2,5-6,11-13H2,(H,20,22). The lowest BCUT2D eigenvalue weighted by Gasteiger charge is -2.18. The summed E-state index contributed by atoms with van der Waals surface area (Å²) in [6.45, 7) is 1.40. The maximum Gasteiger partial charge on any atom is 0.261 e. The number of hydrogen-bond donors (Lipinski definition) is 1. The smallest absolute Gasteiger partial charge is 0.261 e. The molecule has 0 aliphatic carbocycles. The van der Waals surface area contributed by atoms with Gasteiger partial charge in [-0.25, -0.2) is 8.42 Å². The van der Waals surface area contributed by atoms with Gasteiger partial charge in [0.05, 0.1) is 4.88 Å². The number of carbonyl (C=O) groups is 1. The maximum atomic E-state index is 12.8. The molecule has 2 aromatic rings. The third kappa shape index (κ3) is 4.46. The van der Waals surface area contributed by atoms with E-state index >= 15 is 0 Å². The van der Waals surface area contributed by atoms with E-state index in [0.717, 1.165) is 42.6 Å². The van der Waals surface area contributed by atoms with Crippen LogP contribution in [-0.4, -0.2) is 31.7 Å². The summed E-state index contributed by atoms with van der Waals surface area (Å²) in [5.41, 5.74) is 0.816. The molecule has 140 valence electrons. The first kappa shape index (κ1) is 19.4. The van der Waals surface area contributed by atoms with Crippen molar-refractivity contribution in [2.45, 2.75) is 36.4 Å². The van der Waals surface area contributed by atoms with Gasteiger partial charge in [-0.05, 0) is 36.6 Å². The number of carbonyl (C=O) groups excluding carboxylic acids is 1. The summed E-state index contributed by atoms with van der Waals surface area (Å²) in [6.07, 6.45) is 3.89. The Morgan fingerprint density at radius 1 is 1.08 bits per heavy atom. The van der Waals surface area contributed by atoms with Gasteiger partial charge in [0, 0.05) is 24.7 Å². The molecule has 1 fully saturated rings. The van der Waals surface area contributed by atoms with E-state index in [0.29, 0.717) is 29.5 Å². The molecule has 26 heavy (non-hydrogen) atoms. The van der Waals surface area contributed by atoms with Crippen LogP contribution < -0.4 is 5.32 Å². The number of nitrogens with zero attached hydrogens (tertiary/aromatic N) is 1. The minimum atomic E-state index is -3.52. The van der Waals surface area contributed by atoms with Gasteiger partial charge in [0.15, 0.2) is 0 Å². The van der Waals surface area contributed by atoms with Crippen molar-refractivity contribution >= 4 is 38.9 Å². The van der Waals surface area contributed by atoms with Crippen LogP contribution in [0.3, 0.4) is 0 Å². The highest BCUT2D eigenvalue weighted by Gasteiger charge is 2.27. The second-order valence-corrected chi connectivity index (χ2v) is 9.87. The van der Waals surface area contributed by atoms with Crippen molar-refractivity contribution in [1.82, 2.24) is 9.62 Å². The molecule has 1 N–H and O–H groups in total. The molecule has 0 radical (unpaired) electrons. The number of thiophene rings is 1. The van der Waals surface area contributed by atoms with Crippen LogP contribution in [0.1, 0.15) is 40.9 Å². The van der Waals surface area contributed by atoms with Gasteiger partial charge in [-0.3, -0.25) is 4.79 Å². The molecule has 1 aliphatic rings. The summed E-state index contributed by atoms with van der Waals surface area (Å²) >= 11 is 7.10. The SMILES string of the molecule is O=C(NCc1ccccc1Cl)c1ccc(S(=O)(=O)N2CCCCCC2)s1. The van der Waals surface area contributed by atoms with E-state index in [4.69, 9.17) is 11.6 Å². The van der Waals surface area contributed by atoms with E-state index in [1.54, 1.807) is 12.1 Å². The third-order valence-corrected chi connectivity index (χ3v) is 8.18. The monoisotopic (exact) mass is 412 g/mol. The minimum Gasteiger partial charge on any atom is -0.347 e. The van der Waals surface area contributed by atoms with Crippen LogP contribution in [0.25, 0.3) is 0 Å². The molecule has 0 atom stereocenters. The third-order valence-electron chi connectivity index (χ3n) is 4.36. The lowest BCUT2D eigenvalue weighted by molar-refractivity contribution is 0.0955. The molecule has 1 aromatic heterocycles. The van der Waals surface area contributed by atoms with Gasteiger partial charge in [0.2, 0.25) is 0 Å². The molecular formula is C18H21ClN2O3S2. The average molecular weight is 413 g/mol. The van der Waals surface area contributed by atoms with Crippen molar-refractivity contribution in [2.75, 3.05) is 13.1 Å². The van der Waals surface area contributed by atoms with Gasteiger partial charge in [-0.15, -0.1) is 11.3 Å². The molecule has 1 saturated heterocycles. The number of halogens is 1. The lowest BCUT2D eigenvalue weighted by Crippen LogP contribution is -2.31. The van der Waals surface area contributed by atoms with Crippen LogP contribution in [0.15, 0.2) is 40.6 Å². The molecule has 5 nitrogen and oxygen atoms in total. The molecule has 0 spiro atoms. The van der Waals surface area contributed by atoms with Crippen molar-refractivity contribution in [1.29, 1.82) is 0 Å². The summed E-state index contributed by atoms with van der Waals surface area (Å²) in [4.78, 5) is 12.7. The van der Waals surface area contributed by atoms with Crippen LogP contribution in [-0.2, 0) is 16.6 Å². The second-order valence-electron chi connectivity index (χ2n) is 6.21. The van der Waals surface area contributed by atoms with Gasteiger partial charge < -0.3 is 5.32 Å². The fourth-order valence-corrected chi connectivity index (χ4v) is 5.99. The summed E-state index contributed by atoms with van der Waals surface area (Å²) in [5.74, 6) is -0.299. The summed E-state index contributed by atoms with van der Waals surface area (Å²) in [6, 6.07) is 10.4. The van der Waals surface area contributed by atoms with Gasteiger partial charge in [-0.1, -0.05) is 42.6 Å². The van der Waals surface area contributed by atoms with Gasteiger partial charge in [-0.2, -0.15) is 4.31 Å². The lowest BCUT2D eigenvalue weighted by atomic mass is 10.2. The number of rotatable bonds is 5. The molecule has 8 heteroatoms. The Morgan fingerprint density at radius 3 is 2.46 bits per heavy atom. The Kier molecular flexibility index (Phi) is 6.34. The molecule has 1 aromatic carbocycles. The molecule has 0 bridgehead atoms. The summed E-state index contributed by atoms with van der Waals surface area (Å²) in [5, 5.41) is 3.38. The normalized spacial score (nSPS) is 16.2. The van der Waals surface area contributed by atoms with Crippen LogP contribution in [0, 0.1) is 0 Å². The van der Waals surface area contributed by atoms with Crippen molar-refractivity contribution < 1.29 is 13.2 Å².